The molecule has 0 aliphatic heterocycles. The summed E-state index contributed by atoms with van der Waals surface area (Å²) in [5.41, 5.74) is 4.20. The molecule has 0 aliphatic carbocycles. The second kappa shape index (κ2) is 12.8. The largest absolute Gasteiger partial charge is 0.0956 e. The SMILES string of the molecule is C=C(/C=C\C(=C)C(C)CCCC)C(=C)/C=C\C(=C)C(C)CCCC. The summed E-state index contributed by atoms with van der Waals surface area (Å²) in [4.78, 5) is 0. The maximum absolute atomic E-state index is 4.18. The lowest BCUT2D eigenvalue weighted by atomic mass is 9.94. The molecule has 0 aromatic heterocycles. The van der Waals surface area contributed by atoms with E-state index in [1.54, 1.807) is 0 Å². The Morgan fingerprint density at radius 1 is 0.667 bits per heavy atom. The standard InChI is InChI=1S/C24H38/c1-9-11-13-19(3)21(5)15-17-23(7)24(8)18-16-22(6)20(4)14-12-10-2/h15-20H,5-14H2,1-4H3/b17-15-,18-16-. The Kier molecular flexibility index (Phi) is 12.0. The van der Waals surface area contributed by atoms with Gasteiger partial charge < -0.3 is 0 Å². The molecule has 0 N–H and O–H groups in total. The van der Waals surface area contributed by atoms with Crippen LogP contribution in [0.15, 0.2) is 72.9 Å². The van der Waals surface area contributed by atoms with Gasteiger partial charge in [0, 0.05) is 0 Å². The molecule has 0 heterocycles. The van der Waals surface area contributed by atoms with E-state index in [2.05, 4.69) is 66.2 Å². The van der Waals surface area contributed by atoms with Gasteiger partial charge in [-0.25, -0.2) is 0 Å². The highest BCUT2D eigenvalue weighted by atomic mass is 14.1. The van der Waals surface area contributed by atoms with Crippen molar-refractivity contribution in [3.05, 3.63) is 72.9 Å². The number of allylic oxidation sites excluding steroid dienone is 8. The van der Waals surface area contributed by atoms with Gasteiger partial charge in [0.15, 0.2) is 0 Å². The molecule has 0 aromatic rings. The molecule has 134 valence electrons. The van der Waals surface area contributed by atoms with Crippen LogP contribution in [0.2, 0.25) is 0 Å². The number of rotatable bonds is 13. The summed E-state index contributed by atoms with van der Waals surface area (Å²) in [7, 11) is 0. The van der Waals surface area contributed by atoms with Crippen molar-refractivity contribution >= 4 is 0 Å². The van der Waals surface area contributed by atoms with Crippen LogP contribution in [0.25, 0.3) is 0 Å². The zero-order valence-corrected chi connectivity index (χ0v) is 16.5. The van der Waals surface area contributed by atoms with Crippen LogP contribution in [0.4, 0.5) is 0 Å². The third kappa shape index (κ3) is 9.55. The van der Waals surface area contributed by atoms with Gasteiger partial charge in [0.05, 0.1) is 0 Å². The van der Waals surface area contributed by atoms with E-state index in [1.165, 1.54) is 49.7 Å². The first-order chi connectivity index (χ1) is 11.3. The van der Waals surface area contributed by atoms with Gasteiger partial charge in [0.2, 0.25) is 0 Å². The summed E-state index contributed by atoms with van der Waals surface area (Å²) in [6.07, 6.45) is 15.6. The van der Waals surface area contributed by atoms with E-state index in [0.29, 0.717) is 11.8 Å². The Hall–Kier alpha value is -1.56. The number of hydrogen-bond acceptors (Lipinski definition) is 0. The Bertz CT molecular complexity index is 438. The average molecular weight is 327 g/mol. The summed E-state index contributed by atoms with van der Waals surface area (Å²) >= 11 is 0. The predicted octanol–water partition coefficient (Wildman–Crippen LogP) is 7.98. The molecular weight excluding hydrogens is 288 g/mol. The van der Waals surface area contributed by atoms with Crippen molar-refractivity contribution in [2.24, 2.45) is 11.8 Å². The molecule has 0 spiro atoms. The minimum Gasteiger partial charge on any atom is -0.0956 e. The van der Waals surface area contributed by atoms with Gasteiger partial charge in [-0.15, -0.1) is 0 Å². The molecule has 24 heavy (non-hydrogen) atoms. The molecule has 0 saturated heterocycles. The van der Waals surface area contributed by atoms with Crippen LogP contribution in [0.3, 0.4) is 0 Å². The molecule has 0 nitrogen and oxygen atoms in total. The molecule has 2 atom stereocenters. The van der Waals surface area contributed by atoms with Gasteiger partial charge in [0.25, 0.3) is 0 Å². The summed E-state index contributed by atoms with van der Waals surface area (Å²) < 4.78 is 0. The fourth-order valence-corrected chi connectivity index (χ4v) is 2.35. The third-order valence-electron chi connectivity index (χ3n) is 4.66. The highest BCUT2D eigenvalue weighted by Gasteiger charge is 2.04. The van der Waals surface area contributed by atoms with Crippen molar-refractivity contribution in [3.63, 3.8) is 0 Å². The van der Waals surface area contributed by atoms with Crippen LogP contribution in [-0.2, 0) is 0 Å². The lowest BCUT2D eigenvalue weighted by Gasteiger charge is -2.11. The van der Waals surface area contributed by atoms with Crippen molar-refractivity contribution in [2.75, 3.05) is 0 Å². The Balaban J connectivity index is 4.48. The lowest BCUT2D eigenvalue weighted by Crippen LogP contribution is -1.96. The van der Waals surface area contributed by atoms with Gasteiger partial charge in [-0.3, -0.25) is 0 Å². The topological polar surface area (TPSA) is 0 Å². The van der Waals surface area contributed by atoms with Crippen molar-refractivity contribution in [2.45, 2.75) is 66.2 Å². The third-order valence-corrected chi connectivity index (χ3v) is 4.66. The Labute approximate surface area is 151 Å². The summed E-state index contributed by atoms with van der Waals surface area (Å²) in [5, 5.41) is 0. The fourth-order valence-electron chi connectivity index (χ4n) is 2.35. The van der Waals surface area contributed by atoms with Crippen molar-refractivity contribution in [1.82, 2.24) is 0 Å². The quantitative estimate of drug-likeness (QED) is 0.301. The van der Waals surface area contributed by atoms with Gasteiger partial charge in [-0.1, -0.05) is 115 Å². The van der Waals surface area contributed by atoms with Crippen LogP contribution >= 0.6 is 0 Å². The average Bonchev–Trinajstić information content (AvgIpc) is 2.58. The molecule has 0 rings (SSSR count). The van der Waals surface area contributed by atoms with Crippen molar-refractivity contribution in [1.29, 1.82) is 0 Å². The summed E-state index contributed by atoms with van der Waals surface area (Å²) in [5.74, 6) is 1.05. The van der Waals surface area contributed by atoms with Gasteiger partial charge in [0.1, 0.15) is 0 Å². The van der Waals surface area contributed by atoms with Crippen molar-refractivity contribution in [3.8, 4) is 0 Å². The van der Waals surface area contributed by atoms with Crippen LogP contribution in [0.1, 0.15) is 66.2 Å². The first-order valence-corrected chi connectivity index (χ1v) is 9.45. The zero-order valence-electron chi connectivity index (χ0n) is 16.5. The lowest BCUT2D eigenvalue weighted by molar-refractivity contribution is 0.582. The second-order valence-corrected chi connectivity index (χ2v) is 6.95. The molecule has 0 heteroatoms. The molecule has 0 amide bonds. The summed E-state index contributed by atoms with van der Waals surface area (Å²) in [6, 6.07) is 0. The smallest absolute Gasteiger partial charge is 0.0196 e. The van der Waals surface area contributed by atoms with Gasteiger partial charge in [-0.05, 0) is 35.8 Å². The fraction of sp³-hybridized carbons (Fsp3) is 0.500. The van der Waals surface area contributed by atoms with E-state index in [0.717, 1.165) is 11.1 Å². The molecular formula is C24H38. The molecule has 0 saturated carbocycles. The zero-order chi connectivity index (χ0) is 18.5. The van der Waals surface area contributed by atoms with Crippen molar-refractivity contribution < 1.29 is 0 Å². The molecule has 0 fully saturated rings. The highest BCUT2D eigenvalue weighted by molar-refractivity contribution is 5.45. The minimum absolute atomic E-state index is 0.525. The maximum atomic E-state index is 4.18. The van der Waals surface area contributed by atoms with E-state index in [-0.39, 0.29) is 0 Å². The monoisotopic (exact) mass is 326 g/mol. The first kappa shape index (κ1) is 22.4. The van der Waals surface area contributed by atoms with E-state index < -0.39 is 0 Å². The predicted molar refractivity (Wildman–Crippen MR) is 112 cm³/mol. The van der Waals surface area contributed by atoms with E-state index in [1.807, 2.05) is 12.2 Å². The normalized spacial score (nSPS) is 14.0. The second-order valence-electron chi connectivity index (χ2n) is 6.95. The first-order valence-electron chi connectivity index (χ1n) is 9.45. The Morgan fingerprint density at radius 3 is 1.29 bits per heavy atom. The maximum Gasteiger partial charge on any atom is -0.0196 e. The van der Waals surface area contributed by atoms with Crippen LogP contribution in [-0.4, -0.2) is 0 Å². The van der Waals surface area contributed by atoms with Crippen LogP contribution < -0.4 is 0 Å². The molecule has 0 aliphatic rings. The summed E-state index contributed by atoms with van der Waals surface area (Å²) in [6.45, 7) is 25.5. The molecule has 2 unspecified atom stereocenters. The van der Waals surface area contributed by atoms with E-state index in [4.69, 9.17) is 0 Å². The number of hydrogen-bond donors (Lipinski definition) is 0. The van der Waals surface area contributed by atoms with Crippen LogP contribution in [0, 0.1) is 11.8 Å². The Morgan fingerprint density at radius 2 is 1.00 bits per heavy atom. The molecule has 0 bridgehead atoms. The van der Waals surface area contributed by atoms with E-state index in [9.17, 15) is 0 Å². The van der Waals surface area contributed by atoms with Gasteiger partial charge in [-0.2, -0.15) is 0 Å². The molecule has 0 aromatic carbocycles. The number of unbranched alkanes of at least 4 members (excludes halogenated alkanes) is 2. The van der Waals surface area contributed by atoms with E-state index >= 15 is 0 Å². The minimum atomic E-state index is 0.525. The highest BCUT2D eigenvalue weighted by Crippen LogP contribution is 2.20. The molecule has 0 radical (unpaired) electrons. The van der Waals surface area contributed by atoms with Gasteiger partial charge >= 0.3 is 0 Å². The van der Waals surface area contributed by atoms with Crippen LogP contribution in [0.5, 0.6) is 0 Å².